The molecule has 1 aromatic rings. The van der Waals surface area contributed by atoms with Crippen LogP contribution in [0, 0.1) is 16.0 Å². The van der Waals surface area contributed by atoms with Gasteiger partial charge in [0.05, 0.1) is 11.5 Å². The van der Waals surface area contributed by atoms with Crippen LogP contribution < -0.4 is 10.1 Å². The molecule has 0 aromatic heterocycles. The number of Topliss-reactive ketones (excluding diaryl/α,β-unsaturated/α-hetero) is 1. The zero-order valence-electron chi connectivity index (χ0n) is 13.3. The largest absolute Gasteiger partial charge is 0.477 e. The first-order valence-electron chi connectivity index (χ1n) is 7.08. The van der Waals surface area contributed by atoms with Crippen molar-refractivity contribution in [3.05, 3.63) is 33.9 Å². The Kier molecular flexibility index (Phi) is 7.14. The summed E-state index contributed by atoms with van der Waals surface area (Å²) < 4.78 is 9.96. The van der Waals surface area contributed by atoms with Gasteiger partial charge < -0.3 is 14.8 Å². The highest BCUT2D eigenvalue weighted by Crippen LogP contribution is 2.28. The van der Waals surface area contributed by atoms with Gasteiger partial charge in [-0.2, -0.15) is 0 Å². The Morgan fingerprint density at radius 3 is 2.61 bits per heavy atom. The van der Waals surface area contributed by atoms with Crippen molar-refractivity contribution in [1.82, 2.24) is 5.32 Å². The Balaban J connectivity index is 2.80. The van der Waals surface area contributed by atoms with Crippen LogP contribution in [0.5, 0.6) is 5.75 Å². The maximum atomic E-state index is 11.9. The first-order valence-corrected chi connectivity index (χ1v) is 7.08. The first-order chi connectivity index (χ1) is 10.9. The predicted molar refractivity (Wildman–Crippen MR) is 82.6 cm³/mol. The van der Waals surface area contributed by atoms with E-state index in [0.29, 0.717) is 13.2 Å². The number of methoxy groups -OCH3 is 1. The van der Waals surface area contributed by atoms with Crippen molar-refractivity contribution in [2.75, 3.05) is 26.9 Å². The number of hydrogen-bond donors (Lipinski definition) is 1. The third-order valence-electron chi connectivity index (χ3n) is 2.95. The number of nitro groups is 1. The summed E-state index contributed by atoms with van der Waals surface area (Å²) in [4.78, 5) is 33.9. The van der Waals surface area contributed by atoms with E-state index < -0.39 is 10.8 Å². The molecule has 0 bridgehead atoms. The highest BCUT2D eigenvalue weighted by molar-refractivity contribution is 5.98. The lowest BCUT2D eigenvalue weighted by Crippen LogP contribution is -2.31. The van der Waals surface area contributed by atoms with Crippen LogP contribution in [0.3, 0.4) is 0 Å². The SMILES string of the molecule is COCCNC(=O)COc1ccc(C(=O)C(C)C)cc1[N+](=O)[O-]. The first kappa shape index (κ1) is 18.6. The predicted octanol–water partition coefficient (Wildman–Crippen LogP) is 1.57. The minimum Gasteiger partial charge on any atom is -0.477 e. The van der Waals surface area contributed by atoms with Gasteiger partial charge >= 0.3 is 5.69 Å². The van der Waals surface area contributed by atoms with Crippen LogP contribution in [0.15, 0.2) is 18.2 Å². The summed E-state index contributed by atoms with van der Waals surface area (Å²) >= 11 is 0. The monoisotopic (exact) mass is 324 g/mol. The van der Waals surface area contributed by atoms with Crippen molar-refractivity contribution in [3.8, 4) is 5.75 Å². The molecule has 0 fully saturated rings. The molecule has 0 radical (unpaired) electrons. The summed E-state index contributed by atoms with van der Waals surface area (Å²) in [7, 11) is 1.51. The van der Waals surface area contributed by atoms with Crippen LogP contribution in [0.1, 0.15) is 24.2 Å². The molecule has 1 amide bonds. The van der Waals surface area contributed by atoms with Gasteiger partial charge in [-0.25, -0.2) is 0 Å². The fourth-order valence-electron chi connectivity index (χ4n) is 1.76. The van der Waals surface area contributed by atoms with E-state index in [0.717, 1.165) is 0 Å². The second-order valence-corrected chi connectivity index (χ2v) is 5.09. The van der Waals surface area contributed by atoms with E-state index in [1.54, 1.807) is 13.8 Å². The fraction of sp³-hybridized carbons (Fsp3) is 0.467. The van der Waals surface area contributed by atoms with E-state index in [9.17, 15) is 19.7 Å². The number of hydrogen-bond acceptors (Lipinski definition) is 6. The zero-order chi connectivity index (χ0) is 17.4. The summed E-state index contributed by atoms with van der Waals surface area (Å²) in [6.07, 6.45) is 0. The van der Waals surface area contributed by atoms with Crippen molar-refractivity contribution in [3.63, 3.8) is 0 Å². The number of amides is 1. The molecule has 0 saturated carbocycles. The van der Waals surface area contributed by atoms with Gasteiger partial charge in [0.25, 0.3) is 5.91 Å². The Morgan fingerprint density at radius 1 is 1.35 bits per heavy atom. The Morgan fingerprint density at radius 2 is 2.04 bits per heavy atom. The number of nitro benzene ring substituents is 1. The van der Waals surface area contributed by atoms with Gasteiger partial charge in [-0.15, -0.1) is 0 Å². The average molecular weight is 324 g/mol. The van der Waals surface area contributed by atoms with Crippen molar-refractivity contribution < 1.29 is 24.0 Å². The standard InChI is InChI=1S/C15H20N2O6/c1-10(2)15(19)11-4-5-13(12(8-11)17(20)21)23-9-14(18)16-6-7-22-3/h4-5,8,10H,6-7,9H2,1-3H3,(H,16,18). The summed E-state index contributed by atoms with van der Waals surface area (Å²) in [5.74, 6) is -0.944. The average Bonchev–Trinajstić information content (AvgIpc) is 2.52. The van der Waals surface area contributed by atoms with Crippen LogP contribution in [0.4, 0.5) is 5.69 Å². The smallest absolute Gasteiger partial charge is 0.311 e. The summed E-state index contributed by atoms with van der Waals surface area (Å²) in [5.41, 5.74) is -0.107. The summed E-state index contributed by atoms with van der Waals surface area (Å²) in [6.45, 7) is 3.74. The number of ketones is 1. The van der Waals surface area contributed by atoms with Crippen molar-refractivity contribution in [2.45, 2.75) is 13.8 Å². The molecule has 23 heavy (non-hydrogen) atoms. The van der Waals surface area contributed by atoms with Gasteiger partial charge in [-0.3, -0.25) is 19.7 Å². The third kappa shape index (κ3) is 5.67. The van der Waals surface area contributed by atoms with Crippen molar-refractivity contribution in [2.24, 2.45) is 5.92 Å². The topological polar surface area (TPSA) is 108 Å². The third-order valence-corrected chi connectivity index (χ3v) is 2.95. The molecule has 0 saturated heterocycles. The summed E-state index contributed by atoms with van der Waals surface area (Å²) in [6, 6.07) is 3.95. The molecule has 8 heteroatoms. The van der Waals surface area contributed by atoms with E-state index in [-0.39, 0.29) is 35.3 Å². The van der Waals surface area contributed by atoms with Gasteiger partial charge in [0.15, 0.2) is 18.1 Å². The molecule has 0 aliphatic carbocycles. The highest BCUT2D eigenvalue weighted by Gasteiger charge is 2.20. The van der Waals surface area contributed by atoms with Gasteiger partial charge in [-0.05, 0) is 12.1 Å². The normalized spacial score (nSPS) is 10.4. The lowest BCUT2D eigenvalue weighted by molar-refractivity contribution is -0.385. The van der Waals surface area contributed by atoms with Crippen molar-refractivity contribution in [1.29, 1.82) is 0 Å². The molecule has 1 aromatic carbocycles. The molecule has 0 heterocycles. The van der Waals surface area contributed by atoms with Gasteiger partial charge in [0.2, 0.25) is 0 Å². The maximum Gasteiger partial charge on any atom is 0.311 e. The van der Waals surface area contributed by atoms with Gasteiger partial charge in [0.1, 0.15) is 0 Å². The number of benzene rings is 1. The number of carbonyl (C=O) groups is 2. The molecular formula is C15H20N2O6. The number of nitrogens with one attached hydrogen (secondary N) is 1. The number of carbonyl (C=O) groups excluding carboxylic acids is 2. The van der Waals surface area contributed by atoms with E-state index >= 15 is 0 Å². The lowest BCUT2D eigenvalue weighted by atomic mass is 10.0. The van der Waals surface area contributed by atoms with Crippen LogP contribution in [0.25, 0.3) is 0 Å². The minimum atomic E-state index is -0.644. The van der Waals surface area contributed by atoms with Crippen LogP contribution in [-0.2, 0) is 9.53 Å². The molecule has 0 spiro atoms. The zero-order valence-corrected chi connectivity index (χ0v) is 13.3. The number of nitrogens with zero attached hydrogens (tertiary/aromatic N) is 1. The number of ether oxygens (including phenoxy) is 2. The molecule has 0 unspecified atom stereocenters. The Labute approximate surface area is 133 Å². The molecule has 0 aliphatic heterocycles. The quantitative estimate of drug-likeness (QED) is 0.320. The molecule has 8 nitrogen and oxygen atoms in total. The van der Waals surface area contributed by atoms with Crippen molar-refractivity contribution >= 4 is 17.4 Å². The Hall–Kier alpha value is -2.48. The Bertz CT molecular complexity index is 585. The lowest BCUT2D eigenvalue weighted by Gasteiger charge is -2.09. The molecule has 0 aliphatic rings. The van der Waals surface area contributed by atoms with E-state index in [1.807, 2.05) is 0 Å². The second-order valence-electron chi connectivity index (χ2n) is 5.09. The van der Waals surface area contributed by atoms with Gasteiger partial charge in [0, 0.05) is 31.2 Å². The fourth-order valence-corrected chi connectivity index (χ4v) is 1.76. The van der Waals surface area contributed by atoms with E-state index in [2.05, 4.69) is 5.32 Å². The molecular weight excluding hydrogens is 304 g/mol. The van der Waals surface area contributed by atoms with E-state index in [1.165, 1.54) is 25.3 Å². The maximum absolute atomic E-state index is 11.9. The highest BCUT2D eigenvalue weighted by atomic mass is 16.6. The van der Waals surface area contributed by atoms with Gasteiger partial charge in [-0.1, -0.05) is 13.8 Å². The molecule has 1 rings (SSSR count). The van der Waals surface area contributed by atoms with Crippen LogP contribution >= 0.6 is 0 Å². The number of rotatable bonds is 9. The summed E-state index contributed by atoms with van der Waals surface area (Å²) in [5, 5.41) is 13.7. The van der Waals surface area contributed by atoms with Crippen LogP contribution in [-0.4, -0.2) is 43.5 Å². The van der Waals surface area contributed by atoms with E-state index in [4.69, 9.17) is 9.47 Å². The molecule has 0 atom stereocenters. The van der Waals surface area contributed by atoms with Crippen LogP contribution in [0.2, 0.25) is 0 Å². The minimum absolute atomic E-state index is 0.0582. The molecule has 1 N–H and O–H groups in total. The second kappa shape index (κ2) is 8.84. The molecule has 126 valence electrons.